The number of thiocarbonyl (C=S) groups is 1. The second-order valence-electron chi connectivity index (χ2n) is 4.84. The Balaban J connectivity index is 1.69. The molecule has 1 aromatic heterocycles. The van der Waals surface area contributed by atoms with Gasteiger partial charge in [-0.3, -0.25) is 0 Å². The maximum Gasteiger partial charge on any atom is 0.173 e. The van der Waals surface area contributed by atoms with E-state index in [1.54, 1.807) is 29.5 Å². The number of aromatic nitrogens is 1. The molecule has 3 nitrogen and oxygen atoms in total. The molecule has 0 aliphatic carbocycles. The molecule has 0 aliphatic rings. The van der Waals surface area contributed by atoms with Gasteiger partial charge in [-0.2, -0.15) is 0 Å². The first-order valence-electron chi connectivity index (χ1n) is 6.74. The van der Waals surface area contributed by atoms with E-state index < -0.39 is 0 Å². The van der Waals surface area contributed by atoms with Gasteiger partial charge in [-0.1, -0.05) is 24.3 Å². The Morgan fingerprint density at radius 3 is 2.73 bits per heavy atom. The van der Waals surface area contributed by atoms with Crippen LogP contribution in [0.2, 0.25) is 0 Å². The molecule has 6 heteroatoms. The summed E-state index contributed by atoms with van der Waals surface area (Å²) in [5, 5.41) is 4.36. The predicted octanol–water partition coefficient (Wildman–Crippen LogP) is 4.26. The first-order valence-corrected chi connectivity index (χ1v) is 7.97. The largest absolute Gasteiger partial charge is 0.345 e. The average Bonchev–Trinajstić information content (AvgIpc) is 2.91. The fourth-order valence-electron chi connectivity index (χ4n) is 2.04. The van der Waals surface area contributed by atoms with Gasteiger partial charge in [-0.05, 0) is 36.5 Å². The van der Waals surface area contributed by atoms with E-state index in [4.69, 9.17) is 12.2 Å². The van der Waals surface area contributed by atoms with Gasteiger partial charge in [0.25, 0.3) is 0 Å². The molecule has 3 aromatic rings. The van der Waals surface area contributed by atoms with Crippen molar-refractivity contribution in [2.45, 2.75) is 6.54 Å². The summed E-state index contributed by atoms with van der Waals surface area (Å²) in [5.41, 5.74) is 1.37. The van der Waals surface area contributed by atoms with Crippen LogP contribution in [0.25, 0.3) is 10.2 Å². The molecule has 22 heavy (non-hydrogen) atoms. The lowest BCUT2D eigenvalue weighted by molar-refractivity contribution is 0.507. The molecular formula is C16H14FN3S2. The first-order chi connectivity index (χ1) is 10.6. The number of nitrogens with zero attached hydrogens (tertiary/aromatic N) is 2. The van der Waals surface area contributed by atoms with Crippen LogP contribution in [-0.4, -0.2) is 22.0 Å². The molecule has 0 amide bonds. The number of halogens is 1. The van der Waals surface area contributed by atoms with Gasteiger partial charge >= 0.3 is 0 Å². The van der Waals surface area contributed by atoms with Gasteiger partial charge in [0.1, 0.15) is 10.8 Å². The average molecular weight is 331 g/mol. The highest BCUT2D eigenvalue weighted by Gasteiger charge is 2.11. The van der Waals surface area contributed by atoms with E-state index >= 15 is 0 Å². The molecule has 0 aliphatic heterocycles. The van der Waals surface area contributed by atoms with Crippen LogP contribution in [0.15, 0.2) is 48.5 Å². The summed E-state index contributed by atoms with van der Waals surface area (Å²) in [5.74, 6) is -0.321. The maximum atomic E-state index is 13.6. The van der Waals surface area contributed by atoms with Crippen molar-refractivity contribution in [1.29, 1.82) is 0 Å². The number of nitrogens with one attached hydrogen (secondary N) is 1. The first kappa shape index (κ1) is 14.9. The van der Waals surface area contributed by atoms with Crippen LogP contribution in [0, 0.1) is 5.82 Å². The lowest BCUT2D eigenvalue weighted by Crippen LogP contribution is -2.30. The monoisotopic (exact) mass is 331 g/mol. The molecule has 2 aromatic carbocycles. The Hall–Kier alpha value is -2.05. The fourth-order valence-corrected chi connectivity index (χ4v) is 3.23. The molecule has 0 unspecified atom stereocenters. The number of hydrogen-bond donors (Lipinski definition) is 1. The van der Waals surface area contributed by atoms with Crippen LogP contribution in [0.5, 0.6) is 0 Å². The van der Waals surface area contributed by atoms with Crippen molar-refractivity contribution >= 4 is 44.6 Å². The summed E-state index contributed by atoms with van der Waals surface area (Å²) in [4.78, 5) is 6.42. The third-order valence-electron chi connectivity index (χ3n) is 3.17. The van der Waals surface area contributed by atoms with Crippen LogP contribution in [-0.2, 0) is 6.54 Å². The number of para-hydroxylation sites is 2. The van der Waals surface area contributed by atoms with Crippen molar-refractivity contribution < 1.29 is 4.39 Å². The zero-order chi connectivity index (χ0) is 15.5. The number of rotatable bonds is 3. The topological polar surface area (TPSA) is 28.2 Å². The molecule has 3 rings (SSSR count). The quantitative estimate of drug-likeness (QED) is 0.726. The highest BCUT2D eigenvalue weighted by Crippen LogP contribution is 2.22. The molecule has 1 heterocycles. The van der Waals surface area contributed by atoms with E-state index in [2.05, 4.69) is 10.3 Å². The lowest BCUT2D eigenvalue weighted by atomic mass is 10.3. The zero-order valence-corrected chi connectivity index (χ0v) is 13.5. The van der Waals surface area contributed by atoms with E-state index in [1.165, 1.54) is 6.07 Å². The molecule has 0 spiro atoms. The van der Waals surface area contributed by atoms with Crippen molar-refractivity contribution in [3.63, 3.8) is 0 Å². The Morgan fingerprint density at radius 2 is 1.95 bits per heavy atom. The molecule has 112 valence electrons. The zero-order valence-electron chi connectivity index (χ0n) is 11.9. The standard InChI is InChI=1S/C16H14FN3S2/c1-20(16(21)19-12-7-3-2-6-11(12)17)10-15-18-13-8-4-5-9-14(13)22-15/h2-9H,10H2,1H3,(H,19,21). The minimum Gasteiger partial charge on any atom is -0.345 e. The van der Waals surface area contributed by atoms with Crippen LogP contribution in [0.3, 0.4) is 0 Å². The van der Waals surface area contributed by atoms with Gasteiger partial charge in [0, 0.05) is 7.05 Å². The van der Waals surface area contributed by atoms with Crippen LogP contribution in [0.1, 0.15) is 5.01 Å². The fraction of sp³-hybridized carbons (Fsp3) is 0.125. The summed E-state index contributed by atoms with van der Waals surface area (Å²) < 4.78 is 14.8. The molecule has 0 fully saturated rings. The molecule has 0 atom stereocenters. The van der Waals surface area contributed by atoms with Gasteiger partial charge in [0.2, 0.25) is 0 Å². The van der Waals surface area contributed by atoms with E-state index in [0.717, 1.165) is 15.2 Å². The maximum absolute atomic E-state index is 13.6. The van der Waals surface area contributed by atoms with Crippen molar-refractivity contribution in [3.8, 4) is 0 Å². The molecule has 0 saturated heterocycles. The van der Waals surface area contributed by atoms with Gasteiger partial charge in [0.05, 0.1) is 22.4 Å². The van der Waals surface area contributed by atoms with E-state index in [0.29, 0.717) is 17.3 Å². The SMILES string of the molecule is CN(Cc1nc2ccccc2s1)C(=S)Nc1ccccc1F. The van der Waals surface area contributed by atoms with Crippen LogP contribution >= 0.6 is 23.6 Å². The van der Waals surface area contributed by atoms with Gasteiger partial charge in [0.15, 0.2) is 5.11 Å². The number of hydrogen-bond acceptors (Lipinski definition) is 3. The minimum absolute atomic E-state index is 0.321. The molecule has 0 bridgehead atoms. The Labute approximate surface area is 137 Å². The summed E-state index contributed by atoms with van der Waals surface area (Å²) in [6, 6.07) is 14.5. The van der Waals surface area contributed by atoms with Crippen molar-refractivity contribution in [2.24, 2.45) is 0 Å². The molecular weight excluding hydrogens is 317 g/mol. The van der Waals surface area contributed by atoms with Crippen LogP contribution in [0.4, 0.5) is 10.1 Å². The van der Waals surface area contributed by atoms with Crippen LogP contribution < -0.4 is 5.32 Å². The number of thiazole rings is 1. The third kappa shape index (κ3) is 3.23. The van der Waals surface area contributed by atoms with E-state index in [-0.39, 0.29) is 5.82 Å². The second kappa shape index (κ2) is 6.37. The van der Waals surface area contributed by atoms with Crippen molar-refractivity contribution in [3.05, 3.63) is 59.4 Å². The number of fused-ring (bicyclic) bond motifs is 1. The van der Waals surface area contributed by atoms with Crippen molar-refractivity contribution in [2.75, 3.05) is 12.4 Å². The molecule has 0 saturated carbocycles. The normalized spacial score (nSPS) is 10.6. The van der Waals surface area contributed by atoms with E-state index in [9.17, 15) is 4.39 Å². The summed E-state index contributed by atoms with van der Waals surface area (Å²) in [6.07, 6.45) is 0. The molecule has 1 N–H and O–H groups in total. The minimum atomic E-state index is -0.321. The predicted molar refractivity (Wildman–Crippen MR) is 93.7 cm³/mol. The second-order valence-corrected chi connectivity index (χ2v) is 6.34. The molecule has 0 radical (unpaired) electrons. The number of anilines is 1. The summed E-state index contributed by atoms with van der Waals surface area (Å²) >= 11 is 6.96. The lowest BCUT2D eigenvalue weighted by Gasteiger charge is -2.20. The van der Waals surface area contributed by atoms with Gasteiger partial charge < -0.3 is 10.2 Å². The Bertz CT molecular complexity index is 783. The highest BCUT2D eigenvalue weighted by atomic mass is 32.1. The van der Waals surface area contributed by atoms with Gasteiger partial charge in [-0.25, -0.2) is 9.37 Å². The Kier molecular flexibility index (Phi) is 4.31. The smallest absolute Gasteiger partial charge is 0.173 e. The third-order valence-corrected chi connectivity index (χ3v) is 4.61. The number of benzene rings is 2. The van der Waals surface area contributed by atoms with E-state index in [1.807, 2.05) is 36.2 Å². The summed E-state index contributed by atoms with van der Waals surface area (Å²) in [6.45, 7) is 0.583. The highest BCUT2D eigenvalue weighted by molar-refractivity contribution is 7.80. The summed E-state index contributed by atoms with van der Waals surface area (Å²) in [7, 11) is 1.86. The van der Waals surface area contributed by atoms with Crippen molar-refractivity contribution in [1.82, 2.24) is 9.88 Å². The Morgan fingerprint density at radius 1 is 1.23 bits per heavy atom. The van der Waals surface area contributed by atoms with Gasteiger partial charge in [-0.15, -0.1) is 11.3 Å².